The fourth-order valence-corrected chi connectivity index (χ4v) is 4.01. The van der Waals surface area contributed by atoms with Gasteiger partial charge in [-0.1, -0.05) is 18.9 Å². The summed E-state index contributed by atoms with van der Waals surface area (Å²) in [4.78, 5) is 25.0. The van der Waals surface area contributed by atoms with Crippen LogP contribution in [0.1, 0.15) is 41.6 Å². The van der Waals surface area contributed by atoms with Crippen molar-refractivity contribution < 1.29 is 9.18 Å². The molecule has 0 aromatic carbocycles. The quantitative estimate of drug-likeness (QED) is 0.730. The van der Waals surface area contributed by atoms with E-state index in [9.17, 15) is 4.79 Å². The molecule has 2 aliphatic rings. The summed E-state index contributed by atoms with van der Waals surface area (Å²) in [6.45, 7) is 0. The van der Waals surface area contributed by atoms with E-state index in [1.54, 1.807) is 6.20 Å². The van der Waals surface area contributed by atoms with E-state index in [1.165, 1.54) is 6.21 Å². The zero-order valence-electron chi connectivity index (χ0n) is 15.1. The summed E-state index contributed by atoms with van der Waals surface area (Å²) in [7, 11) is 0. The third-order valence-electron chi connectivity index (χ3n) is 5.50. The first-order chi connectivity index (χ1) is 13.6. The third-order valence-corrected chi connectivity index (χ3v) is 5.50. The summed E-state index contributed by atoms with van der Waals surface area (Å²) in [5.74, 6) is -1.23. The molecule has 1 saturated carbocycles. The first-order valence-electron chi connectivity index (χ1n) is 9.40. The van der Waals surface area contributed by atoms with Gasteiger partial charge in [-0.2, -0.15) is 0 Å². The van der Waals surface area contributed by atoms with Crippen molar-refractivity contribution >= 4 is 23.6 Å². The van der Waals surface area contributed by atoms with Gasteiger partial charge in [0.25, 0.3) is 5.91 Å². The summed E-state index contributed by atoms with van der Waals surface area (Å²) in [6.07, 6.45) is 8.72. The van der Waals surface area contributed by atoms with E-state index in [0.717, 1.165) is 31.3 Å². The smallest absolute Gasteiger partial charge is 0.280 e. The molecule has 0 radical (unpaired) electrons. The summed E-state index contributed by atoms with van der Waals surface area (Å²) in [6, 6.07) is 5.47. The van der Waals surface area contributed by atoms with Crippen LogP contribution in [0, 0.1) is 5.82 Å². The van der Waals surface area contributed by atoms with E-state index in [2.05, 4.69) is 20.3 Å². The largest absolute Gasteiger partial charge is 0.363 e. The number of rotatable bonds is 3. The molecule has 2 atom stereocenters. The van der Waals surface area contributed by atoms with Crippen LogP contribution < -0.4 is 11.1 Å². The number of aliphatic imine (C=N–C) groups is 1. The molecule has 1 amide bonds. The van der Waals surface area contributed by atoms with Gasteiger partial charge in [0.15, 0.2) is 11.6 Å². The van der Waals surface area contributed by atoms with Crippen LogP contribution in [-0.2, 0) is 0 Å². The molecule has 1 aliphatic carbocycles. The highest BCUT2D eigenvalue weighted by Gasteiger charge is 2.31. The van der Waals surface area contributed by atoms with Crippen LogP contribution in [0.3, 0.4) is 0 Å². The number of carbonyl (C=O) groups excluding carboxylic acids is 1. The lowest BCUT2D eigenvalue weighted by Crippen LogP contribution is -2.43. The SMILES string of the molecule is NC1CCCCC1Nc1nc(-c2cnc3ccccn23)c2c(c1F)C(=O)N=C2. The van der Waals surface area contributed by atoms with Gasteiger partial charge in [0.1, 0.15) is 11.3 Å². The maximum absolute atomic E-state index is 15.2. The lowest BCUT2D eigenvalue weighted by Gasteiger charge is -2.30. The number of nitrogens with zero attached hydrogens (tertiary/aromatic N) is 4. The molecule has 1 aliphatic heterocycles. The third kappa shape index (κ3) is 2.60. The fraction of sp³-hybridized carbons (Fsp3) is 0.300. The molecular formula is C20H19FN6O. The molecular weight excluding hydrogens is 359 g/mol. The number of imidazole rings is 1. The highest BCUT2D eigenvalue weighted by atomic mass is 19.1. The average Bonchev–Trinajstić information content (AvgIpc) is 3.30. The number of halogens is 1. The minimum absolute atomic E-state index is 0.0424. The molecule has 142 valence electrons. The maximum atomic E-state index is 15.2. The molecule has 0 bridgehead atoms. The first-order valence-corrected chi connectivity index (χ1v) is 9.40. The Bertz CT molecular complexity index is 1120. The van der Waals surface area contributed by atoms with E-state index >= 15 is 4.39 Å². The van der Waals surface area contributed by atoms with Gasteiger partial charge in [-0.15, -0.1) is 0 Å². The normalized spacial score (nSPS) is 21.3. The van der Waals surface area contributed by atoms with Crippen molar-refractivity contribution in [1.82, 2.24) is 14.4 Å². The van der Waals surface area contributed by atoms with E-state index in [1.807, 2.05) is 28.8 Å². The van der Waals surface area contributed by atoms with Gasteiger partial charge in [-0.05, 0) is 25.0 Å². The van der Waals surface area contributed by atoms with Crippen molar-refractivity contribution in [2.75, 3.05) is 5.32 Å². The Kier molecular flexibility index (Phi) is 3.94. The van der Waals surface area contributed by atoms with Crippen LogP contribution in [0.4, 0.5) is 10.2 Å². The summed E-state index contributed by atoms with van der Waals surface area (Å²) >= 11 is 0. The zero-order valence-corrected chi connectivity index (χ0v) is 15.1. The van der Waals surface area contributed by atoms with E-state index in [4.69, 9.17) is 5.73 Å². The Labute approximate surface area is 160 Å². The van der Waals surface area contributed by atoms with Crippen LogP contribution >= 0.6 is 0 Å². The summed E-state index contributed by atoms with van der Waals surface area (Å²) in [5, 5.41) is 3.15. The number of nitrogens with one attached hydrogen (secondary N) is 1. The molecule has 3 aromatic rings. The number of nitrogens with two attached hydrogens (primary N) is 1. The molecule has 8 heteroatoms. The molecule has 28 heavy (non-hydrogen) atoms. The van der Waals surface area contributed by atoms with Gasteiger partial charge in [0.05, 0.1) is 17.5 Å². The van der Waals surface area contributed by atoms with Crippen molar-refractivity contribution in [3.05, 3.63) is 47.5 Å². The second kappa shape index (κ2) is 6.49. The number of pyridine rings is 2. The minimum Gasteiger partial charge on any atom is -0.363 e. The topological polar surface area (TPSA) is 97.7 Å². The highest BCUT2D eigenvalue weighted by molar-refractivity contribution is 6.16. The molecule has 3 N–H and O–H groups in total. The van der Waals surface area contributed by atoms with Crippen molar-refractivity contribution in [3.63, 3.8) is 0 Å². The van der Waals surface area contributed by atoms with Crippen molar-refractivity contribution in [2.24, 2.45) is 10.7 Å². The standard InChI is InChI=1S/C20H19FN6O/c21-17-16-11(9-24-20(16)28)18(14-10-23-15-7-3-4-8-27(14)15)26-19(17)25-13-6-2-1-5-12(13)22/h3-4,7-10,12-13H,1-2,5-6,22H2,(H,25,26). The van der Waals surface area contributed by atoms with Gasteiger partial charge in [0, 0.05) is 30.1 Å². The lowest BCUT2D eigenvalue weighted by molar-refractivity contribution is 0.100. The number of hydrogen-bond acceptors (Lipinski definition) is 5. The van der Waals surface area contributed by atoms with Gasteiger partial charge < -0.3 is 11.1 Å². The van der Waals surface area contributed by atoms with Gasteiger partial charge in [-0.25, -0.2) is 19.4 Å². The Morgan fingerprint density at radius 2 is 2.11 bits per heavy atom. The monoisotopic (exact) mass is 378 g/mol. The predicted molar refractivity (Wildman–Crippen MR) is 104 cm³/mol. The Morgan fingerprint density at radius 3 is 2.96 bits per heavy atom. The van der Waals surface area contributed by atoms with E-state index in [0.29, 0.717) is 17.0 Å². The number of fused-ring (bicyclic) bond motifs is 2. The Morgan fingerprint density at radius 1 is 1.25 bits per heavy atom. The van der Waals surface area contributed by atoms with E-state index in [-0.39, 0.29) is 23.5 Å². The molecule has 4 heterocycles. The molecule has 2 unspecified atom stereocenters. The fourth-order valence-electron chi connectivity index (χ4n) is 4.01. The van der Waals surface area contributed by atoms with Crippen LogP contribution in [0.25, 0.3) is 17.0 Å². The molecule has 0 spiro atoms. The van der Waals surface area contributed by atoms with E-state index < -0.39 is 11.7 Å². The predicted octanol–water partition coefficient (Wildman–Crippen LogP) is 2.79. The van der Waals surface area contributed by atoms with Crippen molar-refractivity contribution in [1.29, 1.82) is 0 Å². The molecule has 7 nitrogen and oxygen atoms in total. The van der Waals surface area contributed by atoms with Crippen molar-refractivity contribution in [2.45, 2.75) is 37.8 Å². The highest BCUT2D eigenvalue weighted by Crippen LogP contribution is 2.33. The van der Waals surface area contributed by atoms with Crippen LogP contribution in [0.15, 0.2) is 35.6 Å². The second-order valence-corrected chi connectivity index (χ2v) is 7.25. The lowest BCUT2D eigenvalue weighted by atomic mass is 9.91. The van der Waals surface area contributed by atoms with Crippen LogP contribution in [0.2, 0.25) is 0 Å². The molecule has 1 fully saturated rings. The van der Waals surface area contributed by atoms with Crippen LogP contribution in [-0.4, -0.2) is 38.6 Å². The van der Waals surface area contributed by atoms with Gasteiger partial charge in [0.2, 0.25) is 0 Å². The van der Waals surface area contributed by atoms with Gasteiger partial charge >= 0.3 is 0 Å². The Balaban J connectivity index is 1.67. The number of anilines is 1. The summed E-state index contributed by atoms with van der Waals surface area (Å²) < 4.78 is 17.0. The number of carbonyl (C=O) groups is 1. The first kappa shape index (κ1) is 17.0. The number of amides is 1. The maximum Gasteiger partial charge on any atom is 0.280 e. The Hall–Kier alpha value is -3.13. The number of hydrogen-bond donors (Lipinski definition) is 2. The molecule has 0 saturated heterocycles. The average molecular weight is 378 g/mol. The molecule has 5 rings (SSSR count). The molecule has 3 aromatic heterocycles. The van der Waals surface area contributed by atoms with Gasteiger partial charge in [-0.3, -0.25) is 9.20 Å². The van der Waals surface area contributed by atoms with Crippen molar-refractivity contribution in [3.8, 4) is 11.4 Å². The minimum atomic E-state index is -0.673. The summed E-state index contributed by atoms with van der Waals surface area (Å²) in [5.41, 5.74) is 8.41. The number of aromatic nitrogens is 3. The zero-order chi connectivity index (χ0) is 19.3. The van der Waals surface area contributed by atoms with Crippen LogP contribution in [0.5, 0.6) is 0 Å². The second-order valence-electron chi connectivity index (χ2n) is 7.25.